The van der Waals surface area contributed by atoms with Gasteiger partial charge in [0.15, 0.2) is 0 Å². The van der Waals surface area contributed by atoms with Crippen molar-refractivity contribution in [1.29, 1.82) is 0 Å². The van der Waals surface area contributed by atoms with Crippen molar-refractivity contribution in [2.75, 3.05) is 9.80 Å². The minimum absolute atomic E-state index is 0.0467. The summed E-state index contributed by atoms with van der Waals surface area (Å²) in [5, 5.41) is 0. The van der Waals surface area contributed by atoms with Crippen LogP contribution < -0.4 is 68.4 Å². The van der Waals surface area contributed by atoms with E-state index in [-0.39, 0.29) is 20.1 Å². The normalized spacial score (nSPS) is 15.1. The number of fused-ring (bicyclic) bond motifs is 14. The van der Waals surface area contributed by atoms with Crippen molar-refractivity contribution in [2.45, 2.75) is 0 Å². The maximum absolute atomic E-state index is 6.71. The van der Waals surface area contributed by atoms with Crippen molar-refractivity contribution in [3.8, 4) is 23.0 Å². The van der Waals surface area contributed by atoms with Gasteiger partial charge in [0, 0.05) is 34.1 Å². The van der Waals surface area contributed by atoms with Gasteiger partial charge in [-0.3, -0.25) is 0 Å². The molecule has 0 fully saturated rings. The largest absolute Gasteiger partial charge is 0.458 e. The van der Waals surface area contributed by atoms with Gasteiger partial charge in [-0.1, -0.05) is 91.0 Å². The van der Waals surface area contributed by atoms with Crippen LogP contribution in [0.2, 0.25) is 0 Å². The molecule has 0 radical (unpaired) electrons. The molecule has 0 saturated heterocycles. The van der Waals surface area contributed by atoms with Gasteiger partial charge in [0.2, 0.25) is 0 Å². The van der Waals surface area contributed by atoms with Crippen LogP contribution in [0, 0.1) is 0 Å². The van der Waals surface area contributed by atoms with Crippen molar-refractivity contribution in [3.63, 3.8) is 0 Å². The molecule has 6 aliphatic rings. The van der Waals surface area contributed by atoms with Gasteiger partial charge in [0.25, 0.3) is 20.1 Å². The van der Waals surface area contributed by atoms with E-state index in [0.717, 1.165) is 23.0 Å². The lowest BCUT2D eigenvalue weighted by Gasteiger charge is -2.50. The minimum atomic E-state index is 0.0467. The predicted octanol–water partition coefficient (Wildman–Crippen LogP) is 3.64. The van der Waals surface area contributed by atoms with E-state index in [4.69, 9.17) is 9.47 Å². The van der Waals surface area contributed by atoms with Crippen LogP contribution >= 0.6 is 0 Å². The fraction of sp³-hybridized carbons (Fsp3) is 0. The first-order chi connectivity index (χ1) is 24.3. The fourth-order valence-corrected chi connectivity index (χ4v) is 10.0. The third-order valence-electron chi connectivity index (χ3n) is 11.8. The number of nitrogens with zero attached hydrogens (tertiary/aromatic N) is 2. The lowest BCUT2D eigenvalue weighted by Crippen LogP contribution is -2.70. The topological polar surface area (TPSA) is 24.9 Å². The zero-order valence-corrected chi connectivity index (χ0v) is 26.2. The number of ether oxygens (including phenoxy) is 2. The summed E-state index contributed by atoms with van der Waals surface area (Å²) < 4.78 is 13.4. The summed E-state index contributed by atoms with van der Waals surface area (Å²) in [5.41, 5.74) is 19.1. The van der Waals surface area contributed by atoms with E-state index in [1.807, 2.05) is 0 Å². The summed E-state index contributed by atoms with van der Waals surface area (Å²) in [6.45, 7) is 0.232. The van der Waals surface area contributed by atoms with E-state index >= 15 is 0 Å². The number of rotatable bonds is 0. The van der Waals surface area contributed by atoms with Gasteiger partial charge in [-0.25, -0.2) is 0 Å². The third kappa shape index (κ3) is 2.82. The van der Waals surface area contributed by atoms with Gasteiger partial charge in [-0.2, -0.15) is 0 Å². The van der Waals surface area contributed by atoms with Crippen LogP contribution in [0.1, 0.15) is 0 Å². The molecule has 0 unspecified atom stereocenters. The molecule has 6 heterocycles. The molecule has 222 valence electrons. The first kappa shape index (κ1) is 25.0. The molecule has 7 heteroatoms. The molecule has 0 saturated carbocycles. The monoisotopic (exact) mass is 620 g/mol. The van der Waals surface area contributed by atoms with E-state index < -0.39 is 0 Å². The Hall–Kier alpha value is -6.07. The molecule has 0 aromatic heterocycles. The summed E-state index contributed by atoms with van der Waals surface area (Å²) in [6, 6.07) is 51.1. The zero-order valence-electron chi connectivity index (χ0n) is 26.2. The number of benzene rings is 7. The Balaban J connectivity index is 1.16. The Bertz CT molecular complexity index is 2510. The van der Waals surface area contributed by atoms with Crippen molar-refractivity contribution < 1.29 is 9.47 Å². The number of anilines is 6. The molecule has 4 nitrogen and oxygen atoms in total. The van der Waals surface area contributed by atoms with Crippen molar-refractivity contribution in [1.82, 2.24) is 0 Å². The van der Waals surface area contributed by atoms with Crippen LogP contribution in [0.3, 0.4) is 0 Å². The maximum atomic E-state index is 6.71. The Morgan fingerprint density at radius 3 is 1.22 bits per heavy atom. The minimum Gasteiger partial charge on any atom is -0.458 e. The molecule has 6 aliphatic heterocycles. The highest BCUT2D eigenvalue weighted by Gasteiger charge is 2.52. The average molecular weight is 620 g/mol. The Morgan fingerprint density at radius 2 is 0.714 bits per heavy atom. The molecule has 7 aromatic rings. The summed E-state index contributed by atoms with van der Waals surface area (Å²) in [7, 11) is 0. The van der Waals surface area contributed by atoms with Crippen LogP contribution in [0.4, 0.5) is 34.1 Å². The van der Waals surface area contributed by atoms with E-state index in [2.05, 4.69) is 149 Å². The van der Waals surface area contributed by atoms with Gasteiger partial charge in [0.05, 0.1) is 0 Å². The summed E-state index contributed by atoms with van der Waals surface area (Å²) in [4.78, 5) is 5.07. The van der Waals surface area contributed by atoms with Gasteiger partial charge in [-0.05, 0) is 97.7 Å². The molecule has 0 bridgehead atoms. The van der Waals surface area contributed by atoms with Crippen LogP contribution in [-0.4, -0.2) is 20.1 Å². The molecular weight excluding hydrogens is 597 g/mol. The summed E-state index contributed by atoms with van der Waals surface area (Å²) >= 11 is 0. The molecule has 0 N–H and O–H groups in total. The second kappa shape index (κ2) is 8.50. The number of para-hydroxylation sites is 4. The first-order valence-corrected chi connectivity index (χ1v) is 17.1. The van der Waals surface area contributed by atoms with Crippen LogP contribution in [0.5, 0.6) is 23.0 Å². The Morgan fingerprint density at radius 1 is 0.306 bits per heavy atom. The molecule has 0 atom stereocenters. The fourth-order valence-electron chi connectivity index (χ4n) is 10.0. The lowest BCUT2D eigenvalue weighted by molar-refractivity contribution is 0.487. The number of hydrogen-bond acceptors (Lipinski definition) is 4. The highest BCUT2D eigenvalue weighted by Crippen LogP contribution is 2.47. The quantitative estimate of drug-likeness (QED) is 0.242. The van der Waals surface area contributed by atoms with E-state index in [1.54, 1.807) is 0 Å². The van der Waals surface area contributed by atoms with E-state index in [1.165, 1.54) is 83.3 Å². The Kier molecular flexibility index (Phi) is 4.34. The van der Waals surface area contributed by atoms with E-state index in [0.29, 0.717) is 0 Å². The second-order valence-corrected chi connectivity index (χ2v) is 13.9. The van der Waals surface area contributed by atoms with Crippen molar-refractivity contribution >= 4 is 103 Å². The van der Waals surface area contributed by atoms with Crippen LogP contribution in [-0.2, 0) is 0 Å². The molecule has 13 rings (SSSR count). The molecule has 7 aromatic carbocycles. The Labute approximate surface area is 284 Å². The van der Waals surface area contributed by atoms with Gasteiger partial charge in [-0.15, -0.1) is 0 Å². The smallest absolute Gasteiger partial charge is 0.256 e. The first-order valence-electron chi connectivity index (χ1n) is 17.1. The van der Waals surface area contributed by atoms with Gasteiger partial charge in [0.1, 0.15) is 23.0 Å². The summed E-state index contributed by atoms with van der Waals surface area (Å²) in [5.74, 6) is 3.78. The lowest BCUT2D eigenvalue weighted by atomic mass is 9.27. The SMILES string of the molecule is c1ccc2c(c1)Oc1ccc3c4c1B2c1ccccc1N4c1cccc2c1B3c1ccc3c4c1N2c1ccccc1B4c1ccccc1O3. The predicted molar refractivity (Wildman–Crippen MR) is 203 cm³/mol. The average Bonchev–Trinajstić information content (AvgIpc) is 3.16. The van der Waals surface area contributed by atoms with Crippen molar-refractivity contribution in [2.24, 2.45) is 0 Å². The van der Waals surface area contributed by atoms with Gasteiger partial charge < -0.3 is 19.3 Å². The second-order valence-electron chi connectivity index (χ2n) is 13.9. The molecular formula is C42H23B3N2O2. The van der Waals surface area contributed by atoms with Crippen LogP contribution in [0.25, 0.3) is 0 Å². The van der Waals surface area contributed by atoms with Crippen LogP contribution in [0.15, 0.2) is 140 Å². The van der Waals surface area contributed by atoms with Crippen molar-refractivity contribution in [3.05, 3.63) is 140 Å². The zero-order chi connectivity index (χ0) is 31.5. The maximum Gasteiger partial charge on any atom is 0.256 e. The standard InChI is InChI=1S/C42H23B3N2O2/c1-5-14-30-24(10-1)43-26-12-3-7-18-34(26)48-36-22-20-28-41(39(36)43)46(30)32-16-9-17-33-38(32)45(28)29-21-23-37-40-42(29)47(33)31-15-6-2-11-25(31)44(40)27-13-4-8-19-35(27)49-37/h1-23H. The number of hydrogen-bond donors (Lipinski definition) is 0. The highest BCUT2D eigenvalue weighted by molar-refractivity contribution is 7.06. The molecule has 0 spiro atoms. The molecule has 0 aliphatic carbocycles. The van der Waals surface area contributed by atoms with Gasteiger partial charge >= 0.3 is 0 Å². The summed E-state index contributed by atoms with van der Waals surface area (Å²) in [6.07, 6.45) is 0. The van der Waals surface area contributed by atoms with E-state index in [9.17, 15) is 0 Å². The third-order valence-corrected chi connectivity index (χ3v) is 11.8. The molecule has 0 amide bonds. The molecule has 49 heavy (non-hydrogen) atoms. The highest BCUT2D eigenvalue weighted by atomic mass is 16.5.